The maximum atomic E-state index is 12.1. The summed E-state index contributed by atoms with van der Waals surface area (Å²) in [6.07, 6.45) is -2.46. The number of hydrogen-bond acceptors (Lipinski definition) is 8. The highest BCUT2D eigenvalue weighted by atomic mass is 32.2. The molecule has 0 bridgehead atoms. The van der Waals surface area contributed by atoms with Crippen molar-refractivity contribution in [3.8, 4) is 0 Å². The van der Waals surface area contributed by atoms with Crippen LogP contribution in [0.3, 0.4) is 0 Å². The molecule has 0 aromatic rings. The quantitative estimate of drug-likeness (QED) is 0.726. The second-order valence-electron chi connectivity index (χ2n) is 7.20. The first kappa shape index (κ1) is 22.6. The fraction of sp³-hybridized carbons (Fsp3) is 0.857. The van der Waals surface area contributed by atoms with Gasteiger partial charge in [-0.2, -0.15) is 0 Å². The molecule has 0 saturated heterocycles. The van der Waals surface area contributed by atoms with Crippen LogP contribution in [0.25, 0.3) is 0 Å². The highest BCUT2D eigenvalue weighted by molar-refractivity contribution is 7.86. The van der Waals surface area contributed by atoms with Gasteiger partial charge in [0.1, 0.15) is 26.8 Å². The molecule has 1 atom stereocenters. The average molecular weight is 368 g/mol. The van der Waals surface area contributed by atoms with E-state index in [1.807, 2.05) is 0 Å². The van der Waals surface area contributed by atoms with E-state index in [2.05, 4.69) is 0 Å². The molecule has 0 aliphatic heterocycles. The number of rotatable bonds is 5. The molecule has 2 amide bonds. The molecule has 24 heavy (non-hydrogen) atoms. The third kappa shape index (κ3) is 9.68. The SMILES string of the molecule is CC(C)(C)OC(=O)N(CCCC(O)S(=O)(=O)[O-])C(=O)OC(C)(C)C. The Hall–Kier alpha value is -1.39. The lowest BCUT2D eigenvalue weighted by Gasteiger charge is -2.28. The fourth-order valence-electron chi connectivity index (χ4n) is 1.46. The van der Waals surface area contributed by atoms with Crippen molar-refractivity contribution in [2.24, 2.45) is 0 Å². The van der Waals surface area contributed by atoms with Gasteiger partial charge in [-0.15, -0.1) is 0 Å². The zero-order valence-electron chi connectivity index (χ0n) is 14.9. The first-order valence-electron chi connectivity index (χ1n) is 7.39. The van der Waals surface area contributed by atoms with Crippen LogP contribution in [0.4, 0.5) is 9.59 Å². The minimum absolute atomic E-state index is 0.110. The average Bonchev–Trinajstić information content (AvgIpc) is 2.27. The molecule has 1 N–H and O–H groups in total. The summed E-state index contributed by atoms with van der Waals surface area (Å²) >= 11 is 0. The summed E-state index contributed by atoms with van der Waals surface area (Å²) in [5.74, 6) is 0. The van der Waals surface area contributed by atoms with Gasteiger partial charge in [0.2, 0.25) is 0 Å². The molecular formula is C14H26NO8S-. The van der Waals surface area contributed by atoms with E-state index >= 15 is 0 Å². The van der Waals surface area contributed by atoms with Crippen LogP contribution in [-0.2, 0) is 19.6 Å². The Morgan fingerprint density at radius 1 is 1.04 bits per heavy atom. The van der Waals surface area contributed by atoms with Crippen molar-refractivity contribution < 1.29 is 37.1 Å². The maximum Gasteiger partial charge on any atom is 0.419 e. The largest absolute Gasteiger partial charge is 0.746 e. The van der Waals surface area contributed by atoms with E-state index in [0.29, 0.717) is 4.90 Å². The summed E-state index contributed by atoms with van der Waals surface area (Å²) in [7, 11) is -4.84. The Morgan fingerprint density at radius 2 is 1.42 bits per heavy atom. The van der Waals surface area contributed by atoms with Crippen LogP contribution in [-0.4, -0.2) is 58.3 Å². The monoisotopic (exact) mass is 368 g/mol. The van der Waals surface area contributed by atoms with E-state index in [-0.39, 0.29) is 13.0 Å². The summed E-state index contributed by atoms with van der Waals surface area (Å²) in [5.41, 5.74) is -3.80. The molecule has 0 aromatic carbocycles. The number of ether oxygens (including phenoxy) is 2. The second-order valence-corrected chi connectivity index (χ2v) is 8.73. The molecule has 142 valence electrons. The summed E-state index contributed by atoms with van der Waals surface area (Å²) < 4.78 is 42.2. The number of aliphatic hydroxyl groups is 1. The Kier molecular flexibility index (Phi) is 7.66. The standard InChI is InChI=1S/C14H27NO8S/c1-13(2,3)22-11(17)15(12(18)23-14(4,5)6)9-7-8-10(16)24(19,20)21/h10,16H,7-9H2,1-6H3,(H,19,20,21)/p-1. The van der Waals surface area contributed by atoms with Crippen LogP contribution in [0.1, 0.15) is 54.4 Å². The number of carbonyl (C=O) groups excluding carboxylic acids is 2. The van der Waals surface area contributed by atoms with Gasteiger partial charge in [0.25, 0.3) is 0 Å². The number of nitrogens with zero attached hydrogens (tertiary/aromatic N) is 1. The zero-order chi connectivity index (χ0) is 19.3. The predicted molar refractivity (Wildman–Crippen MR) is 84.1 cm³/mol. The molecule has 0 aliphatic carbocycles. The van der Waals surface area contributed by atoms with E-state index in [1.54, 1.807) is 41.5 Å². The third-order valence-electron chi connectivity index (χ3n) is 2.39. The molecule has 0 rings (SSSR count). The van der Waals surface area contributed by atoms with Gasteiger partial charge in [-0.25, -0.2) is 22.9 Å². The maximum absolute atomic E-state index is 12.1. The van der Waals surface area contributed by atoms with Crippen molar-refractivity contribution in [1.82, 2.24) is 4.90 Å². The Bertz CT molecular complexity index is 516. The van der Waals surface area contributed by atoms with Gasteiger partial charge < -0.3 is 19.1 Å². The Morgan fingerprint density at radius 3 is 1.71 bits per heavy atom. The normalized spacial score (nSPS) is 14.0. The number of carbonyl (C=O) groups is 2. The predicted octanol–water partition coefficient (Wildman–Crippen LogP) is 1.80. The summed E-state index contributed by atoms with van der Waals surface area (Å²) in [6.45, 7) is 9.43. The van der Waals surface area contributed by atoms with Crippen LogP contribution in [0.2, 0.25) is 0 Å². The van der Waals surface area contributed by atoms with E-state index in [4.69, 9.17) is 9.47 Å². The van der Waals surface area contributed by atoms with Gasteiger partial charge in [-0.1, -0.05) is 0 Å². The lowest BCUT2D eigenvalue weighted by Crippen LogP contribution is -2.44. The molecule has 0 aliphatic rings. The summed E-state index contributed by atoms with van der Waals surface area (Å²) in [5, 5.41) is 9.20. The van der Waals surface area contributed by atoms with E-state index in [1.165, 1.54) is 0 Å². The van der Waals surface area contributed by atoms with Crippen molar-refractivity contribution in [2.75, 3.05) is 6.54 Å². The molecule has 0 fully saturated rings. The van der Waals surface area contributed by atoms with Crippen LogP contribution >= 0.6 is 0 Å². The van der Waals surface area contributed by atoms with Crippen LogP contribution < -0.4 is 0 Å². The smallest absolute Gasteiger partial charge is 0.419 e. The highest BCUT2D eigenvalue weighted by Gasteiger charge is 2.31. The zero-order valence-corrected chi connectivity index (χ0v) is 15.7. The van der Waals surface area contributed by atoms with Crippen molar-refractivity contribution in [3.05, 3.63) is 0 Å². The summed E-state index contributed by atoms with van der Waals surface area (Å²) in [4.78, 5) is 24.9. The first-order chi connectivity index (χ1) is 10.5. The third-order valence-corrected chi connectivity index (χ3v) is 3.30. The molecule has 1 unspecified atom stereocenters. The molecule has 10 heteroatoms. The molecule has 0 saturated carbocycles. The lowest BCUT2D eigenvalue weighted by atomic mass is 10.2. The van der Waals surface area contributed by atoms with Crippen molar-refractivity contribution in [2.45, 2.75) is 71.0 Å². The van der Waals surface area contributed by atoms with Gasteiger partial charge in [0.15, 0.2) is 0 Å². The van der Waals surface area contributed by atoms with Crippen LogP contribution in [0.5, 0.6) is 0 Å². The molecular weight excluding hydrogens is 342 g/mol. The molecule has 0 radical (unpaired) electrons. The van der Waals surface area contributed by atoms with Crippen LogP contribution in [0, 0.1) is 0 Å². The Balaban J connectivity index is 5.00. The fourth-order valence-corrected chi connectivity index (χ4v) is 1.91. The molecule has 0 spiro atoms. The number of imide groups is 1. The van der Waals surface area contributed by atoms with Gasteiger partial charge in [0, 0.05) is 6.54 Å². The van der Waals surface area contributed by atoms with E-state index < -0.39 is 45.4 Å². The van der Waals surface area contributed by atoms with Crippen molar-refractivity contribution >= 4 is 22.3 Å². The number of aliphatic hydroxyl groups excluding tert-OH is 1. The topological polar surface area (TPSA) is 133 Å². The van der Waals surface area contributed by atoms with Gasteiger partial charge in [0.05, 0.1) is 0 Å². The summed E-state index contributed by atoms with van der Waals surface area (Å²) in [6, 6.07) is 0. The second kappa shape index (κ2) is 8.13. The molecule has 0 aromatic heterocycles. The lowest BCUT2D eigenvalue weighted by molar-refractivity contribution is 0.000866. The minimum Gasteiger partial charge on any atom is -0.746 e. The minimum atomic E-state index is -4.84. The van der Waals surface area contributed by atoms with E-state index in [0.717, 1.165) is 0 Å². The van der Waals surface area contributed by atoms with Gasteiger partial charge in [-0.05, 0) is 54.4 Å². The van der Waals surface area contributed by atoms with Crippen molar-refractivity contribution in [1.29, 1.82) is 0 Å². The van der Waals surface area contributed by atoms with E-state index in [9.17, 15) is 27.7 Å². The van der Waals surface area contributed by atoms with Gasteiger partial charge >= 0.3 is 12.2 Å². The first-order valence-corrected chi connectivity index (χ1v) is 8.86. The Labute approximate surface area is 142 Å². The number of hydrogen-bond donors (Lipinski definition) is 1. The van der Waals surface area contributed by atoms with Gasteiger partial charge in [-0.3, -0.25) is 0 Å². The van der Waals surface area contributed by atoms with Crippen molar-refractivity contribution in [3.63, 3.8) is 0 Å². The van der Waals surface area contributed by atoms with Crippen LogP contribution in [0.15, 0.2) is 0 Å². The molecule has 0 heterocycles. The highest BCUT2D eigenvalue weighted by Crippen LogP contribution is 2.15. The molecule has 9 nitrogen and oxygen atoms in total. The number of amides is 2.